The zero-order chi connectivity index (χ0) is 20.8. The predicted molar refractivity (Wildman–Crippen MR) is 117 cm³/mol. The number of H-pyrrole nitrogens is 1. The zero-order valence-corrected chi connectivity index (χ0v) is 17.7. The Balaban J connectivity index is 1.59. The van der Waals surface area contributed by atoms with Gasteiger partial charge in [0, 0.05) is 36.8 Å². The van der Waals surface area contributed by atoms with Crippen molar-refractivity contribution in [2.45, 2.75) is 38.6 Å². The number of nitrogens with one attached hydrogen (secondary N) is 2. The Bertz CT molecular complexity index is 919. The average molecular weight is 394 g/mol. The van der Waals surface area contributed by atoms with Crippen LogP contribution in [0.3, 0.4) is 0 Å². The van der Waals surface area contributed by atoms with E-state index in [1.165, 1.54) is 5.56 Å². The fourth-order valence-electron chi connectivity index (χ4n) is 3.67. The average Bonchev–Trinajstić information content (AvgIpc) is 3.17. The SMILES string of the molecule is CC(C)[C@@H](CC(=O)NC[C@H](Cc1ccc2[nH]ncc2c1)N(C)C)c1cccnc1. The minimum Gasteiger partial charge on any atom is -0.355 e. The third-order valence-corrected chi connectivity index (χ3v) is 5.56. The maximum atomic E-state index is 12.7. The van der Waals surface area contributed by atoms with Crippen molar-refractivity contribution in [2.24, 2.45) is 5.92 Å². The Labute approximate surface area is 172 Å². The van der Waals surface area contributed by atoms with Crippen molar-refractivity contribution in [1.29, 1.82) is 0 Å². The summed E-state index contributed by atoms with van der Waals surface area (Å²) < 4.78 is 0. The third kappa shape index (κ3) is 5.64. The van der Waals surface area contributed by atoms with Crippen LogP contribution in [0.5, 0.6) is 0 Å². The molecule has 2 atom stereocenters. The van der Waals surface area contributed by atoms with Gasteiger partial charge in [0.15, 0.2) is 0 Å². The lowest BCUT2D eigenvalue weighted by Gasteiger charge is -2.26. The lowest BCUT2D eigenvalue weighted by atomic mass is 9.86. The van der Waals surface area contributed by atoms with E-state index in [-0.39, 0.29) is 17.9 Å². The van der Waals surface area contributed by atoms with Gasteiger partial charge in [-0.05, 0) is 61.7 Å². The first-order valence-electron chi connectivity index (χ1n) is 10.2. The van der Waals surface area contributed by atoms with Gasteiger partial charge in [0.25, 0.3) is 0 Å². The molecular formula is C23H31N5O. The van der Waals surface area contributed by atoms with Crippen LogP contribution in [-0.2, 0) is 11.2 Å². The molecule has 3 rings (SSSR count). The van der Waals surface area contributed by atoms with E-state index in [2.05, 4.69) is 77.6 Å². The number of carbonyl (C=O) groups is 1. The second-order valence-electron chi connectivity index (χ2n) is 8.26. The molecule has 0 aliphatic rings. The summed E-state index contributed by atoms with van der Waals surface area (Å²) in [6, 6.07) is 10.6. The van der Waals surface area contributed by atoms with Crippen LogP contribution in [0, 0.1) is 5.92 Å². The molecular weight excluding hydrogens is 362 g/mol. The van der Waals surface area contributed by atoms with Crippen LogP contribution in [-0.4, -0.2) is 52.7 Å². The smallest absolute Gasteiger partial charge is 0.220 e. The van der Waals surface area contributed by atoms with Gasteiger partial charge in [0.05, 0.1) is 11.7 Å². The number of carbonyl (C=O) groups excluding carboxylic acids is 1. The van der Waals surface area contributed by atoms with Crippen molar-refractivity contribution in [1.82, 2.24) is 25.4 Å². The Morgan fingerprint density at radius 1 is 1.21 bits per heavy atom. The molecule has 6 nitrogen and oxygen atoms in total. The highest BCUT2D eigenvalue weighted by Crippen LogP contribution is 2.27. The van der Waals surface area contributed by atoms with Gasteiger partial charge in [-0.15, -0.1) is 0 Å². The summed E-state index contributed by atoms with van der Waals surface area (Å²) in [4.78, 5) is 19.1. The highest BCUT2D eigenvalue weighted by atomic mass is 16.1. The highest BCUT2D eigenvalue weighted by molar-refractivity contribution is 5.78. The van der Waals surface area contributed by atoms with E-state index >= 15 is 0 Å². The number of hydrogen-bond donors (Lipinski definition) is 2. The first-order chi connectivity index (χ1) is 13.9. The van der Waals surface area contributed by atoms with E-state index in [1.807, 2.05) is 18.5 Å². The van der Waals surface area contributed by atoms with E-state index in [0.717, 1.165) is 22.9 Å². The van der Waals surface area contributed by atoms with E-state index in [4.69, 9.17) is 0 Å². The van der Waals surface area contributed by atoms with Crippen LogP contribution < -0.4 is 5.32 Å². The molecule has 154 valence electrons. The first-order valence-corrected chi connectivity index (χ1v) is 10.2. The summed E-state index contributed by atoms with van der Waals surface area (Å²) in [5.74, 6) is 0.631. The number of pyridine rings is 1. The fourth-order valence-corrected chi connectivity index (χ4v) is 3.67. The van der Waals surface area contributed by atoms with E-state index in [0.29, 0.717) is 18.9 Å². The van der Waals surface area contributed by atoms with Crippen molar-refractivity contribution >= 4 is 16.8 Å². The number of hydrogen-bond acceptors (Lipinski definition) is 4. The monoisotopic (exact) mass is 393 g/mol. The minimum absolute atomic E-state index is 0.0877. The fraction of sp³-hybridized carbons (Fsp3) is 0.435. The summed E-state index contributed by atoms with van der Waals surface area (Å²) in [7, 11) is 4.11. The normalized spacial score (nSPS) is 13.7. The molecule has 2 N–H and O–H groups in total. The Morgan fingerprint density at radius 2 is 2.03 bits per heavy atom. The van der Waals surface area contributed by atoms with Gasteiger partial charge in [-0.2, -0.15) is 5.10 Å². The van der Waals surface area contributed by atoms with E-state index in [1.54, 1.807) is 6.20 Å². The molecule has 0 radical (unpaired) electrons. The van der Waals surface area contributed by atoms with Crippen LogP contribution in [0.25, 0.3) is 10.9 Å². The molecule has 0 bridgehead atoms. The number of nitrogens with zero attached hydrogens (tertiary/aromatic N) is 3. The molecule has 1 aromatic carbocycles. The summed E-state index contributed by atoms with van der Waals surface area (Å²) in [5.41, 5.74) is 3.40. The minimum atomic E-state index is 0.0877. The van der Waals surface area contributed by atoms with Gasteiger partial charge in [-0.25, -0.2) is 0 Å². The number of likely N-dealkylation sites (N-methyl/N-ethyl adjacent to an activating group) is 1. The largest absolute Gasteiger partial charge is 0.355 e. The number of amides is 1. The molecule has 0 saturated heterocycles. The standard InChI is InChI=1S/C23H31N5O/c1-16(2)21(18-6-5-9-24-13-18)12-23(29)25-15-20(28(3)4)11-17-7-8-22-19(10-17)14-26-27-22/h5-10,13-14,16,20-21H,11-12,15H2,1-4H3,(H,25,29)(H,26,27)/t20-,21+/m0/s1. The van der Waals surface area contributed by atoms with E-state index in [9.17, 15) is 4.79 Å². The summed E-state index contributed by atoms with van der Waals surface area (Å²) in [6.07, 6.45) is 6.82. The Kier molecular flexibility index (Phi) is 6.99. The molecule has 0 aliphatic carbocycles. The highest BCUT2D eigenvalue weighted by Gasteiger charge is 2.21. The maximum absolute atomic E-state index is 12.7. The molecule has 6 heteroatoms. The number of benzene rings is 1. The van der Waals surface area contributed by atoms with Gasteiger partial charge < -0.3 is 10.2 Å². The van der Waals surface area contributed by atoms with Gasteiger partial charge >= 0.3 is 0 Å². The number of fused-ring (bicyclic) bond motifs is 1. The number of aromatic amines is 1. The third-order valence-electron chi connectivity index (χ3n) is 5.56. The molecule has 0 spiro atoms. The van der Waals surface area contributed by atoms with Gasteiger partial charge in [0.2, 0.25) is 5.91 Å². The van der Waals surface area contributed by atoms with Crippen LogP contribution in [0.2, 0.25) is 0 Å². The van der Waals surface area contributed by atoms with Gasteiger partial charge in [0.1, 0.15) is 0 Å². The summed E-state index contributed by atoms with van der Waals surface area (Å²) in [6.45, 7) is 4.92. The second-order valence-corrected chi connectivity index (χ2v) is 8.26. The van der Waals surface area contributed by atoms with Crippen molar-refractivity contribution in [3.8, 4) is 0 Å². The summed E-state index contributed by atoms with van der Waals surface area (Å²) >= 11 is 0. The van der Waals surface area contributed by atoms with E-state index < -0.39 is 0 Å². The zero-order valence-electron chi connectivity index (χ0n) is 17.7. The van der Waals surface area contributed by atoms with Crippen LogP contribution >= 0.6 is 0 Å². The predicted octanol–water partition coefficient (Wildman–Crippen LogP) is 3.38. The van der Waals surface area contributed by atoms with Crippen LogP contribution in [0.1, 0.15) is 37.3 Å². The van der Waals surface area contributed by atoms with Crippen LogP contribution in [0.4, 0.5) is 0 Å². The molecule has 3 aromatic rings. The molecule has 1 amide bonds. The quantitative estimate of drug-likeness (QED) is 0.584. The Hall–Kier alpha value is -2.73. The topological polar surface area (TPSA) is 73.9 Å². The lowest BCUT2D eigenvalue weighted by Crippen LogP contribution is -2.42. The van der Waals surface area contributed by atoms with Crippen molar-refractivity contribution < 1.29 is 4.79 Å². The molecule has 0 fully saturated rings. The molecule has 2 aromatic heterocycles. The number of aromatic nitrogens is 3. The van der Waals surface area contributed by atoms with Crippen molar-refractivity contribution in [2.75, 3.05) is 20.6 Å². The second kappa shape index (κ2) is 9.65. The molecule has 0 aliphatic heterocycles. The van der Waals surface area contributed by atoms with Crippen LogP contribution in [0.15, 0.2) is 48.9 Å². The van der Waals surface area contributed by atoms with Gasteiger partial charge in [-0.3, -0.25) is 14.9 Å². The number of rotatable bonds is 9. The molecule has 29 heavy (non-hydrogen) atoms. The Morgan fingerprint density at radius 3 is 2.72 bits per heavy atom. The van der Waals surface area contributed by atoms with Gasteiger partial charge in [-0.1, -0.05) is 26.0 Å². The molecule has 0 unspecified atom stereocenters. The molecule has 0 saturated carbocycles. The van der Waals surface area contributed by atoms with Crippen molar-refractivity contribution in [3.63, 3.8) is 0 Å². The molecule has 2 heterocycles. The van der Waals surface area contributed by atoms with Crippen molar-refractivity contribution in [3.05, 3.63) is 60.0 Å². The first kappa shape index (κ1) is 21.0. The maximum Gasteiger partial charge on any atom is 0.220 e. The lowest BCUT2D eigenvalue weighted by molar-refractivity contribution is -0.121. The summed E-state index contributed by atoms with van der Waals surface area (Å²) in [5, 5.41) is 11.3.